The molecule has 0 aromatic rings. The van der Waals surface area contributed by atoms with Gasteiger partial charge in [-0.2, -0.15) is 0 Å². The van der Waals surface area contributed by atoms with Crippen molar-refractivity contribution in [2.75, 3.05) is 0 Å². The van der Waals surface area contributed by atoms with Crippen molar-refractivity contribution in [3.63, 3.8) is 0 Å². The lowest BCUT2D eigenvalue weighted by molar-refractivity contribution is 0.0862. The van der Waals surface area contributed by atoms with E-state index in [9.17, 15) is 0 Å². The lowest BCUT2D eigenvalue weighted by atomic mass is 15.6. The van der Waals surface area contributed by atoms with E-state index >= 15 is 0 Å². The summed E-state index contributed by atoms with van der Waals surface area (Å²) < 4.78 is 47.3. The molecular formula is Cl10O9Si7. The molecule has 4 atom stereocenters. The molecule has 9 nitrogen and oxygen atoms in total. The summed E-state index contributed by atoms with van der Waals surface area (Å²) in [5, 5.41) is 0. The highest BCUT2D eigenvalue weighted by Gasteiger charge is 2.78. The van der Waals surface area contributed by atoms with Crippen molar-refractivity contribution in [2.45, 2.75) is 0 Å². The maximum Gasteiger partial charge on any atom is 0.592 e. The molecule has 0 saturated carbocycles. The minimum atomic E-state index is -4.55. The Kier molecular flexibility index (Phi) is 7.17. The summed E-state index contributed by atoms with van der Waals surface area (Å²) in [6.45, 7) is 0. The van der Waals surface area contributed by atoms with Crippen LogP contribution in [0, 0.1) is 0 Å². The van der Waals surface area contributed by atoms with E-state index in [1.165, 1.54) is 0 Å². The summed E-state index contributed by atoms with van der Waals surface area (Å²) in [4.78, 5) is 0. The number of hydrogen-bond acceptors (Lipinski definition) is 9. The van der Waals surface area contributed by atoms with Crippen molar-refractivity contribution in [3.8, 4) is 0 Å². The highest BCUT2D eigenvalue weighted by atomic mass is 35.7. The molecule has 152 valence electrons. The Labute approximate surface area is 199 Å². The fraction of sp³-hybridized carbons (Fsp3) is 0. The molecule has 3 aliphatic rings. The van der Waals surface area contributed by atoms with E-state index in [1.807, 2.05) is 0 Å². The summed E-state index contributed by atoms with van der Waals surface area (Å²) in [5.74, 6) is 0. The SMILES string of the molecule is Cl[Si]1(Cl)O[Si](Cl)(Cl)O[Si]2(Cl)O[Si](Cl)(O1)O[Si]1(Cl)O[Si](Cl)(Cl)O[Si](Cl)(O2)O1. The molecule has 0 radical (unpaired) electrons. The molecule has 26 heteroatoms. The van der Waals surface area contributed by atoms with Gasteiger partial charge in [-0.05, 0) is 0 Å². The van der Waals surface area contributed by atoms with Gasteiger partial charge in [0.15, 0.2) is 0 Å². The second-order valence-electron chi connectivity index (χ2n) is 4.23. The van der Waals surface area contributed by atoms with Crippen LogP contribution in [-0.2, 0) is 37.0 Å². The molecule has 3 saturated heterocycles. The maximum atomic E-state index is 6.23. The van der Waals surface area contributed by atoms with Crippen molar-refractivity contribution in [2.24, 2.45) is 0 Å². The van der Waals surface area contributed by atoms with Gasteiger partial charge in [-0.3, -0.25) is 0 Å². The summed E-state index contributed by atoms with van der Waals surface area (Å²) in [7, 11) is -30.3. The molecule has 0 spiro atoms. The van der Waals surface area contributed by atoms with Gasteiger partial charge in [-0.15, -0.1) is 0 Å². The van der Waals surface area contributed by atoms with E-state index < -0.39 is 54.0 Å². The molecule has 3 rings (SSSR count). The third-order valence-electron chi connectivity index (χ3n) is 2.18. The summed E-state index contributed by atoms with van der Waals surface area (Å²) >= 11 is 60.5. The summed E-state index contributed by atoms with van der Waals surface area (Å²) in [6.07, 6.45) is 0. The molecule has 0 N–H and O–H groups in total. The van der Waals surface area contributed by atoms with E-state index in [0.29, 0.717) is 0 Å². The largest absolute Gasteiger partial charge is 0.592 e. The van der Waals surface area contributed by atoms with Crippen LogP contribution >= 0.6 is 111 Å². The molecule has 0 aromatic carbocycles. The summed E-state index contributed by atoms with van der Waals surface area (Å²) in [6, 6.07) is 0. The van der Waals surface area contributed by atoms with Gasteiger partial charge in [0.1, 0.15) is 0 Å². The first-order chi connectivity index (χ1) is 11.4. The first kappa shape index (κ1) is 24.7. The number of fused-ring (bicyclic) bond motifs is 4. The quantitative estimate of drug-likeness (QED) is 0.279. The molecule has 26 heavy (non-hydrogen) atoms. The van der Waals surface area contributed by atoms with Gasteiger partial charge in [0.25, 0.3) is 0 Å². The molecule has 3 aliphatic heterocycles. The molecule has 4 bridgehead atoms. The van der Waals surface area contributed by atoms with E-state index in [0.717, 1.165) is 0 Å². The van der Waals surface area contributed by atoms with Crippen LogP contribution in [-0.4, -0.2) is 54.0 Å². The minimum absolute atomic E-state index is 4.05. The van der Waals surface area contributed by atoms with Crippen molar-refractivity contribution in [3.05, 3.63) is 0 Å². The molecular weight excluding hydrogens is 695 g/mol. The fourth-order valence-electron chi connectivity index (χ4n) is 1.60. The van der Waals surface area contributed by atoms with Crippen molar-refractivity contribution in [1.29, 1.82) is 0 Å². The molecule has 0 aliphatic carbocycles. The predicted octanol–water partition coefficient (Wildman–Crippen LogP) is 3.61. The normalized spacial score (nSPS) is 50.1. The van der Waals surface area contributed by atoms with Crippen LogP contribution in [0.4, 0.5) is 0 Å². The van der Waals surface area contributed by atoms with Crippen LogP contribution in [0.5, 0.6) is 0 Å². The lowest BCUT2D eigenvalue weighted by Gasteiger charge is -2.48. The molecule has 3 heterocycles. The topological polar surface area (TPSA) is 83.1 Å². The monoisotopic (exact) mass is 689 g/mol. The van der Waals surface area contributed by atoms with Gasteiger partial charge < -0.3 is 37.0 Å². The van der Waals surface area contributed by atoms with Gasteiger partial charge in [0.2, 0.25) is 0 Å². The van der Waals surface area contributed by atoms with Crippen molar-refractivity contribution >= 4 is 165 Å². The number of rotatable bonds is 0. The van der Waals surface area contributed by atoms with Crippen molar-refractivity contribution < 1.29 is 37.0 Å². The Hall–Kier alpha value is 4.06. The number of hydrogen-bond donors (Lipinski definition) is 0. The first-order valence-corrected chi connectivity index (χ1v) is 28.0. The van der Waals surface area contributed by atoms with E-state index in [-0.39, 0.29) is 0 Å². The Morgan fingerprint density at radius 1 is 0.269 bits per heavy atom. The smallest absolute Gasteiger partial charge is 0.368 e. The van der Waals surface area contributed by atoms with Gasteiger partial charge in [-0.25, -0.2) is 0 Å². The van der Waals surface area contributed by atoms with E-state index in [1.54, 1.807) is 0 Å². The maximum absolute atomic E-state index is 6.23. The van der Waals surface area contributed by atoms with Crippen LogP contribution in [0.1, 0.15) is 0 Å². The molecule has 3 fully saturated rings. The first-order valence-electron chi connectivity index (χ1n) is 5.56. The van der Waals surface area contributed by atoms with Gasteiger partial charge in [0.05, 0.1) is 0 Å². The Balaban J connectivity index is 2.08. The zero-order chi connectivity index (χ0) is 19.9. The third-order valence-corrected chi connectivity index (χ3v) is 36.2. The van der Waals surface area contributed by atoms with Crippen molar-refractivity contribution in [1.82, 2.24) is 0 Å². The minimum Gasteiger partial charge on any atom is -0.368 e. The molecule has 0 amide bonds. The highest BCUT2D eigenvalue weighted by molar-refractivity contribution is 7.51. The standard InChI is InChI=1S/Cl10O9Si7/c1-20(2)11-21(3,4)13-24(8)16-23(7,12-20)17-25(9)14-22(5,6)15-26(10,18-24)19-25. The van der Waals surface area contributed by atoms with Crippen LogP contribution in [0.25, 0.3) is 0 Å². The zero-order valence-electron chi connectivity index (χ0n) is 11.0. The lowest BCUT2D eigenvalue weighted by Crippen LogP contribution is -2.76. The highest BCUT2D eigenvalue weighted by Crippen LogP contribution is 2.49. The average Bonchev–Trinajstić information content (AvgIpc) is 2.11. The number of halogens is 10. The fourth-order valence-corrected chi connectivity index (χ4v) is 48.2. The molecule has 0 aromatic heterocycles. The summed E-state index contributed by atoms with van der Waals surface area (Å²) in [5.41, 5.74) is 0. The van der Waals surface area contributed by atoms with Crippen LogP contribution in [0.3, 0.4) is 0 Å². The Bertz CT molecular complexity index is 553. The van der Waals surface area contributed by atoms with Crippen LogP contribution < -0.4 is 0 Å². The third kappa shape index (κ3) is 6.09. The van der Waals surface area contributed by atoms with E-state index in [4.69, 9.17) is 148 Å². The predicted molar refractivity (Wildman–Crippen MR) is 109 cm³/mol. The average molecular weight is 695 g/mol. The Morgan fingerprint density at radius 2 is 0.462 bits per heavy atom. The van der Waals surface area contributed by atoms with Crippen LogP contribution in [0.15, 0.2) is 0 Å². The van der Waals surface area contributed by atoms with E-state index in [2.05, 4.69) is 0 Å². The second kappa shape index (κ2) is 7.55. The van der Waals surface area contributed by atoms with Gasteiger partial charge in [-0.1, -0.05) is 111 Å². The van der Waals surface area contributed by atoms with Gasteiger partial charge in [0, 0.05) is 0 Å². The zero-order valence-corrected chi connectivity index (χ0v) is 25.5. The Morgan fingerprint density at radius 3 is 0.692 bits per heavy atom. The second-order valence-corrected chi connectivity index (χ2v) is 34.5. The van der Waals surface area contributed by atoms with Crippen LogP contribution in [0.2, 0.25) is 0 Å². The van der Waals surface area contributed by atoms with Gasteiger partial charge >= 0.3 is 54.0 Å². The molecule has 4 unspecified atom stereocenters.